The highest BCUT2D eigenvalue weighted by Gasteiger charge is 2.13. The molecular formula is C23H21ClN2O4. The zero-order valence-electron chi connectivity index (χ0n) is 16.6. The van der Waals surface area contributed by atoms with Gasteiger partial charge in [-0.05, 0) is 61.0 Å². The van der Waals surface area contributed by atoms with Crippen LogP contribution in [0.4, 0.5) is 17.1 Å². The second-order valence-electron chi connectivity index (χ2n) is 6.47. The Bertz CT molecular complexity index is 1050. The van der Waals surface area contributed by atoms with E-state index >= 15 is 0 Å². The van der Waals surface area contributed by atoms with E-state index in [1.807, 2.05) is 37.3 Å². The Morgan fingerprint density at radius 1 is 0.933 bits per heavy atom. The molecule has 0 aliphatic heterocycles. The molecule has 6 nitrogen and oxygen atoms in total. The van der Waals surface area contributed by atoms with Crippen LogP contribution in [0.5, 0.6) is 5.75 Å². The van der Waals surface area contributed by atoms with Gasteiger partial charge in [-0.15, -0.1) is 0 Å². The third-order valence-electron chi connectivity index (χ3n) is 4.31. The van der Waals surface area contributed by atoms with Crippen molar-refractivity contribution in [2.45, 2.75) is 6.92 Å². The molecule has 0 spiro atoms. The van der Waals surface area contributed by atoms with Gasteiger partial charge in [-0.3, -0.25) is 4.79 Å². The molecule has 0 aliphatic rings. The standard InChI is InChI=1S/C23H21ClN2O4/c1-15-19(24)7-5-9-20(15)26-21-8-4-3-6-18(21)23(28)25-16-10-12-17(13-11-16)30-22(27)14-29-2/h3-13,26H,14H2,1-2H3,(H,25,28). The number of amides is 1. The molecule has 0 atom stereocenters. The molecule has 1 amide bonds. The van der Waals surface area contributed by atoms with Gasteiger partial charge in [0, 0.05) is 23.5 Å². The van der Waals surface area contributed by atoms with Crippen LogP contribution in [0.3, 0.4) is 0 Å². The van der Waals surface area contributed by atoms with Crippen LogP contribution >= 0.6 is 11.6 Å². The van der Waals surface area contributed by atoms with E-state index in [-0.39, 0.29) is 12.5 Å². The van der Waals surface area contributed by atoms with Crippen molar-refractivity contribution < 1.29 is 19.1 Å². The lowest BCUT2D eigenvalue weighted by molar-refractivity contribution is -0.138. The second-order valence-corrected chi connectivity index (χ2v) is 6.88. The van der Waals surface area contributed by atoms with Gasteiger partial charge in [-0.1, -0.05) is 29.8 Å². The topological polar surface area (TPSA) is 76.7 Å². The van der Waals surface area contributed by atoms with E-state index in [1.165, 1.54) is 7.11 Å². The van der Waals surface area contributed by atoms with E-state index in [2.05, 4.69) is 10.6 Å². The molecular weight excluding hydrogens is 404 g/mol. The van der Waals surface area contributed by atoms with E-state index in [4.69, 9.17) is 21.1 Å². The Labute approximate surface area is 179 Å². The number of carbonyl (C=O) groups excluding carboxylic acids is 2. The van der Waals surface area contributed by atoms with Crippen LogP contribution in [0.2, 0.25) is 5.02 Å². The number of methoxy groups -OCH3 is 1. The minimum atomic E-state index is -0.495. The monoisotopic (exact) mass is 424 g/mol. The molecule has 7 heteroatoms. The summed E-state index contributed by atoms with van der Waals surface area (Å²) in [4.78, 5) is 24.3. The van der Waals surface area contributed by atoms with Crippen molar-refractivity contribution in [3.8, 4) is 5.75 Å². The number of benzene rings is 3. The number of hydrogen-bond donors (Lipinski definition) is 2. The highest BCUT2D eigenvalue weighted by Crippen LogP contribution is 2.28. The molecule has 30 heavy (non-hydrogen) atoms. The summed E-state index contributed by atoms with van der Waals surface area (Å²) >= 11 is 6.19. The molecule has 3 aromatic carbocycles. The van der Waals surface area contributed by atoms with E-state index in [0.717, 1.165) is 11.3 Å². The van der Waals surface area contributed by atoms with E-state index in [1.54, 1.807) is 36.4 Å². The van der Waals surface area contributed by atoms with Crippen LogP contribution in [0.1, 0.15) is 15.9 Å². The Kier molecular flexibility index (Phi) is 7.06. The van der Waals surface area contributed by atoms with Crippen molar-refractivity contribution in [3.05, 3.63) is 82.9 Å². The van der Waals surface area contributed by atoms with Gasteiger partial charge in [0.15, 0.2) is 0 Å². The smallest absolute Gasteiger partial charge is 0.337 e. The summed E-state index contributed by atoms with van der Waals surface area (Å²) in [5.74, 6) is -0.402. The predicted octanol–water partition coefficient (Wildman–Crippen LogP) is 5.20. The van der Waals surface area contributed by atoms with E-state index in [0.29, 0.717) is 27.7 Å². The molecule has 0 saturated heterocycles. The van der Waals surface area contributed by atoms with Crippen LogP contribution in [0.25, 0.3) is 0 Å². The van der Waals surface area contributed by atoms with Gasteiger partial charge in [0.25, 0.3) is 5.91 Å². The number of anilines is 3. The first-order valence-electron chi connectivity index (χ1n) is 9.20. The average Bonchev–Trinajstić information content (AvgIpc) is 2.73. The van der Waals surface area contributed by atoms with Crippen molar-refractivity contribution in [2.75, 3.05) is 24.4 Å². The van der Waals surface area contributed by atoms with Gasteiger partial charge in [-0.25, -0.2) is 4.79 Å². The van der Waals surface area contributed by atoms with E-state index in [9.17, 15) is 9.59 Å². The molecule has 2 N–H and O–H groups in total. The summed E-state index contributed by atoms with van der Waals surface area (Å²) in [6, 6.07) is 19.3. The number of halogens is 1. The summed E-state index contributed by atoms with van der Waals surface area (Å²) in [6.07, 6.45) is 0. The third kappa shape index (κ3) is 5.37. The van der Waals surface area contributed by atoms with Gasteiger partial charge < -0.3 is 20.1 Å². The zero-order valence-corrected chi connectivity index (χ0v) is 17.3. The maximum Gasteiger partial charge on any atom is 0.337 e. The van der Waals surface area contributed by atoms with Crippen LogP contribution in [-0.2, 0) is 9.53 Å². The van der Waals surface area contributed by atoms with Crippen molar-refractivity contribution >= 4 is 40.5 Å². The van der Waals surface area contributed by atoms with Crippen LogP contribution in [0.15, 0.2) is 66.7 Å². The lowest BCUT2D eigenvalue weighted by Crippen LogP contribution is -2.15. The van der Waals surface area contributed by atoms with Crippen LogP contribution in [0, 0.1) is 6.92 Å². The zero-order chi connectivity index (χ0) is 21.5. The fraction of sp³-hybridized carbons (Fsp3) is 0.130. The number of para-hydroxylation sites is 1. The first kappa shape index (κ1) is 21.4. The van der Waals surface area contributed by atoms with Gasteiger partial charge in [0.2, 0.25) is 0 Å². The maximum atomic E-state index is 12.8. The second kappa shape index (κ2) is 9.91. The minimum Gasteiger partial charge on any atom is -0.425 e. The van der Waals surface area contributed by atoms with Gasteiger partial charge in [0.1, 0.15) is 12.4 Å². The first-order chi connectivity index (χ1) is 14.5. The Hall–Kier alpha value is -3.35. The molecule has 0 unspecified atom stereocenters. The van der Waals surface area contributed by atoms with Gasteiger partial charge >= 0.3 is 5.97 Å². The average molecular weight is 425 g/mol. The Morgan fingerprint density at radius 3 is 2.37 bits per heavy atom. The minimum absolute atomic E-state index is 0.131. The molecule has 3 aromatic rings. The van der Waals surface area contributed by atoms with Crippen molar-refractivity contribution in [1.82, 2.24) is 0 Å². The molecule has 0 heterocycles. The number of nitrogens with one attached hydrogen (secondary N) is 2. The van der Waals surface area contributed by atoms with Crippen molar-refractivity contribution in [2.24, 2.45) is 0 Å². The normalized spacial score (nSPS) is 10.4. The number of carbonyl (C=O) groups is 2. The maximum absolute atomic E-state index is 12.8. The fourth-order valence-corrected chi connectivity index (χ4v) is 2.94. The van der Waals surface area contributed by atoms with Crippen molar-refractivity contribution in [3.63, 3.8) is 0 Å². The summed E-state index contributed by atoms with van der Waals surface area (Å²) in [7, 11) is 1.42. The van der Waals surface area contributed by atoms with Gasteiger partial charge in [-0.2, -0.15) is 0 Å². The van der Waals surface area contributed by atoms with Gasteiger partial charge in [0.05, 0.1) is 11.3 Å². The largest absolute Gasteiger partial charge is 0.425 e. The number of rotatable bonds is 7. The molecule has 0 radical (unpaired) electrons. The summed E-state index contributed by atoms with van der Waals surface area (Å²) in [5, 5.41) is 6.77. The summed E-state index contributed by atoms with van der Waals surface area (Å²) in [5.41, 5.74) is 3.43. The number of esters is 1. The molecule has 0 aromatic heterocycles. The van der Waals surface area contributed by atoms with E-state index < -0.39 is 5.97 Å². The van der Waals surface area contributed by atoms with Crippen molar-refractivity contribution in [1.29, 1.82) is 0 Å². The predicted molar refractivity (Wildman–Crippen MR) is 118 cm³/mol. The van der Waals surface area contributed by atoms with Crippen LogP contribution in [-0.4, -0.2) is 25.6 Å². The Balaban J connectivity index is 1.73. The summed E-state index contributed by atoms with van der Waals surface area (Å²) < 4.78 is 9.83. The first-order valence-corrected chi connectivity index (χ1v) is 9.58. The van der Waals surface area contributed by atoms with Crippen LogP contribution < -0.4 is 15.4 Å². The fourth-order valence-electron chi connectivity index (χ4n) is 2.76. The molecule has 0 aliphatic carbocycles. The highest BCUT2D eigenvalue weighted by atomic mass is 35.5. The molecule has 0 fully saturated rings. The SMILES string of the molecule is COCC(=O)Oc1ccc(NC(=O)c2ccccc2Nc2cccc(Cl)c2C)cc1. The lowest BCUT2D eigenvalue weighted by atomic mass is 10.1. The lowest BCUT2D eigenvalue weighted by Gasteiger charge is -2.14. The third-order valence-corrected chi connectivity index (χ3v) is 4.72. The number of ether oxygens (including phenoxy) is 2. The molecule has 0 saturated carbocycles. The molecule has 3 rings (SSSR count). The Morgan fingerprint density at radius 2 is 1.63 bits per heavy atom. The highest BCUT2D eigenvalue weighted by molar-refractivity contribution is 6.31. The summed E-state index contributed by atoms with van der Waals surface area (Å²) in [6.45, 7) is 1.78. The number of hydrogen-bond acceptors (Lipinski definition) is 5. The molecule has 154 valence electrons. The quantitative estimate of drug-likeness (QED) is 0.403. The molecule has 0 bridgehead atoms.